The Bertz CT molecular complexity index is 406. The molecule has 17 heavy (non-hydrogen) atoms. The Labute approximate surface area is 102 Å². The topological polar surface area (TPSA) is 26.3 Å². The van der Waals surface area contributed by atoms with Crippen LogP contribution in [0.2, 0.25) is 0 Å². The van der Waals surface area contributed by atoms with Crippen LogP contribution in [0, 0.1) is 5.92 Å². The molecule has 0 N–H and O–H groups in total. The second kappa shape index (κ2) is 5.78. The molecule has 0 saturated carbocycles. The Morgan fingerprint density at radius 1 is 1.24 bits per heavy atom. The molecule has 2 heteroatoms. The summed E-state index contributed by atoms with van der Waals surface area (Å²) in [6.45, 7) is 3.18. The first-order chi connectivity index (χ1) is 8.25. The minimum Gasteiger partial charge on any atom is -0.372 e. The molecule has 0 bridgehead atoms. The summed E-state index contributed by atoms with van der Waals surface area (Å²) < 4.78 is 5.62. The highest BCUT2D eigenvalue weighted by atomic mass is 16.5. The van der Waals surface area contributed by atoms with Crippen LogP contribution in [0.5, 0.6) is 0 Å². The van der Waals surface area contributed by atoms with Gasteiger partial charge >= 0.3 is 0 Å². The van der Waals surface area contributed by atoms with E-state index in [1.807, 2.05) is 37.3 Å². The smallest absolute Gasteiger partial charge is 0.158 e. The van der Waals surface area contributed by atoms with Crippen molar-refractivity contribution in [1.29, 1.82) is 0 Å². The van der Waals surface area contributed by atoms with Gasteiger partial charge in [-0.2, -0.15) is 0 Å². The molecular formula is C15H18O2. The van der Waals surface area contributed by atoms with E-state index >= 15 is 0 Å². The molecule has 0 aromatic heterocycles. The summed E-state index contributed by atoms with van der Waals surface area (Å²) in [5, 5.41) is 0. The lowest BCUT2D eigenvalue weighted by Gasteiger charge is -2.17. The van der Waals surface area contributed by atoms with Crippen LogP contribution in [0.4, 0.5) is 0 Å². The molecule has 0 radical (unpaired) electrons. The molecule has 1 unspecified atom stereocenters. The van der Waals surface area contributed by atoms with Crippen LogP contribution in [0.15, 0.2) is 42.0 Å². The molecular weight excluding hydrogens is 212 g/mol. The summed E-state index contributed by atoms with van der Waals surface area (Å²) in [5.41, 5.74) is 2.30. The Kier molecular flexibility index (Phi) is 4.10. The molecule has 1 aliphatic rings. The minimum absolute atomic E-state index is 0.188. The first-order valence-electron chi connectivity index (χ1n) is 6.10. The van der Waals surface area contributed by atoms with E-state index < -0.39 is 0 Å². The van der Waals surface area contributed by atoms with Gasteiger partial charge in [-0.05, 0) is 30.1 Å². The standard InChI is InChI=1S/C15H18O2/c1-12-7-8-14(9-15(12)16)11-17-10-13-5-3-2-4-6-13/h2-6,9,12H,7-8,10-11H2,1H3. The van der Waals surface area contributed by atoms with Crippen LogP contribution >= 0.6 is 0 Å². The second-order valence-corrected chi connectivity index (χ2v) is 4.62. The number of benzene rings is 1. The summed E-state index contributed by atoms with van der Waals surface area (Å²) in [6.07, 6.45) is 3.71. The van der Waals surface area contributed by atoms with Gasteiger partial charge in [0.15, 0.2) is 5.78 Å². The molecule has 0 spiro atoms. The number of hydrogen-bond donors (Lipinski definition) is 0. The molecule has 2 rings (SSSR count). The third-order valence-electron chi connectivity index (χ3n) is 3.13. The zero-order valence-corrected chi connectivity index (χ0v) is 10.2. The van der Waals surface area contributed by atoms with E-state index in [4.69, 9.17) is 4.74 Å². The average molecular weight is 230 g/mol. The quantitative estimate of drug-likeness (QED) is 0.794. The SMILES string of the molecule is CC1CCC(COCc2ccccc2)=CC1=O. The van der Waals surface area contributed by atoms with Crippen LogP contribution < -0.4 is 0 Å². The van der Waals surface area contributed by atoms with Crippen molar-refractivity contribution in [1.82, 2.24) is 0 Å². The Balaban J connectivity index is 1.80. The molecule has 1 aromatic carbocycles. The first kappa shape index (κ1) is 12.1. The summed E-state index contributed by atoms with van der Waals surface area (Å²) in [6, 6.07) is 10.1. The molecule has 90 valence electrons. The predicted octanol–water partition coefficient (Wildman–Crippen LogP) is 3.13. The zero-order chi connectivity index (χ0) is 12.1. The van der Waals surface area contributed by atoms with E-state index in [0.29, 0.717) is 13.2 Å². The molecule has 2 nitrogen and oxygen atoms in total. The minimum atomic E-state index is 0.188. The van der Waals surface area contributed by atoms with E-state index in [2.05, 4.69) is 0 Å². The van der Waals surface area contributed by atoms with Gasteiger partial charge in [0.2, 0.25) is 0 Å². The third kappa shape index (κ3) is 3.53. The van der Waals surface area contributed by atoms with Crippen molar-refractivity contribution in [3.05, 3.63) is 47.5 Å². The zero-order valence-electron chi connectivity index (χ0n) is 10.2. The summed E-state index contributed by atoms with van der Waals surface area (Å²) in [7, 11) is 0. The van der Waals surface area contributed by atoms with Gasteiger partial charge in [0.25, 0.3) is 0 Å². The maximum Gasteiger partial charge on any atom is 0.158 e. The van der Waals surface area contributed by atoms with Crippen molar-refractivity contribution in [3.8, 4) is 0 Å². The fourth-order valence-corrected chi connectivity index (χ4v) is 1.95. The van der Waals surface area contributed by atoms with Gasteiger partial charge in [0, 0.05) is 5.92 Å². The molecule has 0 fully saturated rings. The number of rotatable bonds is 4. The molecule has 1 atom stereocenters. The lowest BCUT2D eigenvalue weighted by molar-refractivity contribution is -0.118. The van der Waals surface area contributed by atoms with Gasteiger partial charge in [0.05, 0.1) is 13.2 Å². The Morgan fingerprint density at radius 3 is 2.71 bits per heavy atom. The van der Waals surface area contributed by atoms with Crippen LogP contribution in [0.1, 0.15) is 25.3 Å². The second-order valence-electron chi connectivity index (χ2n) is 4.62. The van der Waals surface area contributed by atoms with Crippen LogP contribution in [-0.2, 0) is 16.1 Å². The van der Waals surface area contributed by atoms with Gasteiger partial charge in [-0.15, -0.1) is 0 Å². The van der Waals surface area contributed by atoms with E-state index in [1.165, 1.54) is 5.56 Å². The molecule has 0 aliphatic heterocycles. The largest absolute Gasteiger partial charge is 0.372 e. The highest BCUT2D eigenvalue weighted by Crippen LogP contribution is 2.20. The maximum atomic E-state index is 11.5. The van der Waals surface area contributed by atoms with Gasteiger partial charge in [-0.3, -0.25) is 4.79 Å². The first-order valence-corrected chi connectivity index (χ1v) is 6.10. The summed E-state index contributed by atoms with van der Waals surface area (Å²) in [5.74, 6) is 0.433. The van der Waals surface area contributed by atoms with Crippen molar-refractivity contribution >= 4 is 5.78 Å². The van der Waals surface area contributed by atoms with Crippen molar-refractivity contribution in [2.24, 2.45) is 5.92 Å². The lowest BCUT2D eigenvalue weighted by Crippen LogP contribution is -2.16. The van der Waals surface area contributed by atoms with E-state index in [0.717, 1.165) is 18.4 Å². The van der Waals surface area contributed by atoms with Crippen LogP contribution in [0.3, 0.4) is 0 Å². The Morgan fingerprint density at radius 2 is 2.00 bits per heavy atom. The molecule has 0 heterocycles. The van der Waals surface area contributed by atoms with Crippen molar-refractivity contribution in [2.75, 3.05) is 6.61 Å². The fraction of sp³-hybridized carbons (Fsp3) is 0.400. The molecule has 1 aliphatic carbocycles. The number of ether oxygens (including phenoxy) is 1. The van der Waals surface area contributed by atoms with Crippen LogP contribution in [-0.4, -0.2) is 12.4 Å². The van der Waals surface area contributed by atoms with Gasteiger partial charge in [0.1, 0.15) is 0 Å². The number of carbonyl (C=O) groups is 1. The van der Waals surface area contributed by atoms with Crippen molar-refractivity contribution in [2.45, 2.75) is 26.4 Å². The van der Waals surface area contributed by atoms with Gasteiger partial charge in [-0.25, -0.2) is 0 Å². The van der Waals surface area contributed by atoms with Crippen molar-refractivity contribution in [3.63, 3.8) is 0 Å². The van der Waals surface area contributed by atoms with E-state index in [9.17, 15) is 4.79 Å². The van der Waals surface area contributed by atoms with Crippen molar-refractivity contribution < 1.29 is 9.53 Å². The predicted molar refractivity (Wildman–Crippen MR) is 67.6 cm³/mol. The average Bonchev–Trinajstić information content (AvgIpc) is 2.35. The van der Waals surface area contributed by atoms with E-state index in [-0.39, 0.29) is 11.7 Å². The summed E-state index contributed by atoms with van der Waals surface area (Å²) in [4.78, 5) is 11.5. The number of carbonyl (C=O) groups excluding carboxylic acids is 1. The third-order valence-corrected chi connectivity index (χ3v) is 3.13. The molecule has 0 amide bonds. The van der Waals surface area contributed by atoms with Crippen LogP contribution in [0.25, 0.3) is 0 Å². The highest BCUT2D eigenvalue weighted by molar-refractivity contribution is 5.92. The number of hydrogen-bond acceptors (Lipinski definition) is 2. The monoisotopic (exact) mass is 230 g/mol. The maximum absolute atomic E-state index is 11.5. The summed E-state index contributed by atoms with van der Waals surface area (Å²) >= 11 is 0. The van der Waals surface area contributed by atoms with E-state index in [1.54, 1.807) is 6.08 Å². The molecule has 1 aromatic rings. The lowest BCUT2D eigenvalue weighted by atomic mass is 9.90. The van der Waals surface area contributed by atoms with Gasteiger partial charge < -0.3 is 4.74 Å². The Hall–Kier alpha value is -1.41. The normalized spacial score (nSPS) is 20.2. The molecule has 0 saturated heterocycles. The highest BCUT2D eigenvalue weighted by Gasteiger charge is 2.17. The fourth-order valence-electron chi connectivity index (χ4n) is 1.95. The number of ketones is 1. The number of allylic oxidation sites excluding steroid dienone is 1. The van der Waals surface area contributed by atoms with Gasteiger partial charge in [-0.1, -0.05) is 37.3 Å².